The summed E-state index contributed by atoms with van der Waals surface area (Å²) in [7, 11) is 0. The molecule has 5 rings (SSSR count). The van der Waals surface area contributed by atoms with Crippen LogP contribution >= 0.6 is 0 Å². The van der Waals surface area contributed by atoms with Gasteiger partial charge < -0.3 is 30.0 Å². The molecule has 0 radical (unpaired) electrons. The number of carbonyl (C=O) groups is 2. The van der Waals surface area contributed by atoms with E-state index in [1.165, 1.54) is 31.3 Å². The van der Waals surface area contributed by atoms with Gasteiger partial charge in [-0.2, -0.15) is 0 Å². The number of amides is 2. The lowest BCUT2D eigenvalue weighted by atomic mass is 9.32. The van der Waals surface area contributed by atoms with Crippen molar-refractivity contribution in [1.82, 2.24) is 10.6 Å². The van der Waals surface area contributed by atoms with Gasteiger partial charge in [0.05, 0.1) is 37.9 Å². The number of hydrogen-bond acceptors (Lipinski definition) is 6. The predicted octanol–water partition coefficient (Wildman–Crippen LogP) is 6.51. The molecular formula is C40H64N2O6. The van der Waals surface area contributed by atoms with Gasteiger partial charge in [0, 0.05) is 13.1 Å². The highest BCUT2D eigenvalue weighted by atomic mass is 16.5. The fourth-order valence-corrected chi connectivity index (χ4v) is 12.6. The Kier molecular flexibility index (Phi) is 11.1. The number of alkyl carbamates (subject to hydrolysis) is 1. The first-order valence-electron chi connectivity index (χ1n) is 18.8. The van der Waals surface area contributed by atoms with Crippen molar-refractivity contribution in [2.45, 2.75) is 112 Å². The molecule has 2 amide bonds. The molecule has 0 aromatic heterocycles. The van der Waals surface area contributed by atoms with Crippen LogP contribution in [-0.2, 0) is 19.0 Å². The summed E-state index contributed by atoms with van der Waals surface area (Å²) < 4.78 is 16.0. The topological polar surface area (TPSA) is 106 Å². The van der Waals surface area contributed by atoms with E-state index in [2.05, 4.69) is 64.7 Å². The summed E-state index contributed by atoms with van der Waals surface area (Å²) in [5.74, 6) is 4.88. The van der Waals surface area contributed by atoms with Crippen LogP contribution < -0.4 is 10.6 Å². The second-order valence-corrected chi connectivity index (χ2v) is 17.4. The van der Waals surface area contributed by atoms with Gasteiger partial charge in [0.2, 0.25) is 5.91 Å². The largest absolute Gasteiger partial charge is 0.436 e. The molecule has 0 aromatic rings. The van der Waals surface area contributed by atoms with Crippen LogP contribution in [0.25, 0.3) is 0 Å². The molecule has 0 aliphatic heterocycles. The van der Waals surface area contributed by atoms with Crippen LogP contribution in [0.5, 0.6) is 0 Å². The lowest BCUT2D eigenvalue weighted by Crippen LogP contribution is -2.67. The van der Waals surface area contributed by atoms with E-state index in [-0.39, 0.29) is 45.7 Å². The third-order valence-corrected chi connectivity index (χ3v) is 15.2. The SMILES string of the molecule is C#CCOC(=O)NCCOCCOCCNC(=O)[C@]12CC[C@@H](C(=C)C)[C@@H]1[C@H]1CC[C@@H]3[C@@]4(C)CC[C@H](O)C(C)(C)[C@@H]4CC[C@@]3(C)[C@]1(C)CC2. The van der Waals surface area contributed by atoms with Gasteiger partial charge in [-0.3, -0.25) is 4.79 Å². The number of allylic oxidation sites excluding steroid dienone is 1. The van der Waals surface area contributed by atoms with Crippen LogP contribution in [0.4, 0.5) is 4.79 Å². The van der Waals surface area contributed by atoms with Crippen LogP contribution in [0.1, 0.15) is 106 Å². The third kappa shape index (κ3) is 6.23. The van der Waals surface area contributed by atoms with Crippen LogP contribution in [0.15, 0.2) is 12.2 Å². The summed E-state index contributed by atoms with van der Waals surface area (Å²) in [5, 5.41) is 16.9. The molecule has 5 aliphatic carbocycles. The summed E-state index contributed by atoms with van der Waals surface area (Å²) in [6.07, 6.45) is 15.2. The number of carbonyl (C=O) groups excluding carboxylic acids is 2. The van der Waals surface area contributed by atoms with Crippen LogP contribution in [-0.4, -0.2) is 69.3 Å². The maximum Gasteiger partial charge on any atom is 0.408 e. The number of rotatable bonds is 12. The van der Waals surface area contributed by atoms with E-state index in [1.54, 1.807) is 0 Å². The number of ether oxygens (including phenoxy) is 3. The van der Waals surface area contributed by atoms with Gasteiger partial charge in [-0.05, 0) is 122 Å². The third-order valence-electron chi connectivity index (χ3n) is 15.2. The van der Waals surface area contributed by atoms with Crippen molar-refractivity contribution in [3.63, 3.8) is 0 Å². The van der Waals surface area contributed by atoms with Crippen molar-refractivity contribution in [1.29, 1.82) is 0 Å². The normalized spacial score (nSPS) is 41.0. The maximum atomic E-state index is 14.3. The van der Waals surface area contributed by atoms with Crippen LogP contribution in [0.2, 0.25) is 0 Å². The van der Waals surface area contributed by atoms with Gasteiger partial charge >= 0.3 is 6.09 Å². The number of terminal acetylenes is 1. The van der Waals surface area contributed by atoms with Crippen LogP contribution in [0, 0.1) is 69.0 Å². The molecule has 10 atom stereocenters. The van der Waals surface area contributed by atoms with Crippen molar-refractivity contribution in [2.24, 2.45) is 56.7 Å². The van der Waals surface area contributed by atoms with E-state index in [0.717, 1.165) is 38.5 Å². The smallest absolute Gasteiger partial charge is 0.408 e. The molecule has 0 aromatic carbocycles. The van der Waals surface area contributed by atoms with Crippen molar-refractivity contribution in [2.75, 3.05) is 46.1 Å². The van der Waals surface area contributed by atoms with Gasteiger partial charge in [-0.15, -0.1) is 6.42 Å². The fourth-order valence-electron chi connectivity index (χ4n) is 12.6. The van der Waals surface area contributed by atoms with Crippen molar-refractivity contribution in [3.8, 4) is 12.3 Å². The molecule has 5 aliphatic rings. The Labute approximate surface area is 290 Å². The summed E-state index contributed by atoms with van der Waals surface area (Å²) in [4.78, 5) is 25.7. The number of aliphatic hydroxyl groups is 1. The Morgan fingerprint density at radius 1 is 0.833 bits per heavy atom. The standard InChI is InChI=1S/C40H64N2O6/c1-9-22-48-35(45)42-21-24-47-26-25-46-23-20-41-34(44)40-17-12-28(27(2)3)33(40)29-10-11-31-37(6)15-14-32(43)36(4,5)30(37)13-16-39(31,8)38(29,7)18-19-40/h1,28-33,43H,2,10-26H2,3-8H3,(H,41,44)(H,42,45)/t28-,29+,30-,31+,32-,33+,37-,38+,39+,40-/m0/s1. The predicted molar refractivity (Wildman–Crippen MR) is 188 cm³/mol. The first-order valence-corrected chi connectivity index (χ1v) is 18.8. The van der Waals surface area contributed by atoms with Gasteiger partial charge in [0.1, 0.15) is 0 Å². The minimum atomic E-state index is -0.557. The molecular weight excluding hydrogens is 604 g/mol. The first-order chi connectivity index (χ1) is 22.7. The van der Waals surface area contributed by atoms with Crippen molar-refractivity contribution in [3.05, 3.63) is 12.2 Å². The molecule has 8 heteroatoms. The quantitative estimate of drug-likeness (QED) is 0.124. The van der Waals surface area contributed by atoms with Crippen LogP contribution in [0.3, 0.4) is 0 Å². The molecule has 3 N–H and O–H groups in total. The zero-order chi connectivity index (χ0) is 35.0. The fraction of sp³-hybridized carbons (Fsp3) is 0.850. The highest BCUT2D eigenvalue weighted by Crippen LogP contribution is 2.77. The minimum Gasteiger partial charge on any atom is -0.436 e. The number of hydrogen-bond donors (Lipinski definition) is 3. The van der Waals surface area contributed by atoms with Crippen molar-refractivity contribution >= 4 is 12.0 Å². The zero-order valence-corrected chi connectivity index (χ0v) is 30.8. The summed E-state index contributed by atoms with van der Waals surface area (Å²) in [5.41, 5.74) is 1.51. The molecule has 0 unspecified atom stereocenters. The molecule has 5 saturated carbocycles. The summed E-state index contributed by atoms with van der Waals surface area (Å²) in [6.45, 7) is 21.5. The van der Waals surface area contributed by atoms with E-state index in [9.17, 15) is 14.7 Å². The van der Waals surface area contributed by atoms with E-state index in [1.807, 2.05) is 0 Å². The van der Waals surface area contributed by atoms with E-state index in [4.69, 9.17) is 20.6 Å². The second kappa shape index (κ2) is 14.3. The molecule has 8 nitrogen and oxygen atoms in total. The molecule has 0 heterocycles. The van der Waals surface area contributed by atoms with E-state index in [0.29, 0.717) is 69.1 Å². The zero-order valence-electron chi connectivity index (χ0n) is 30.8. The first kappa shape index (κ1) is 37.2. The highest BCUT2D eigenvalue weighted by molar-refractivity contribution is 5.84. The summed E-state index contributed by atoms with van der Waals surface area (Å²) in [6, 6.07) is 0. The Morgan fingerprint density at radius 3 is 2.19 bits per heavy atom. The highest BCUT2D eigenvalue weighted by Gasteiger charge is 2.71. The Balaban J connectivity index is 1.20. The summed E-state index contributed by atoms with van der Waals surface area (Å²) >= 11 is 0. The average molecular weight is 669 g/mol. The Bertz CT molecular complexity index is 1240. The Hall–Kier alpha value is -2.08. The Morgan fingerprint density at radius 2 is 1.52 bits per heavy atom. The van der Waals surface area contributed by atoms with Crippen molar-refractivity contribution < 1.29 is 28.9 Å². The van der Waals surface area contributed by atoms with E-state index >= 15 is 0 Å². The second-order valence-electron chi connectivity index (χ2n) is 17.4. The van der Waals surface area contributed by atoms with Gasteiger partial charge in [0.15, 0.2) is 6.61 Å². The van der Waals surface area contributed by atoms with E-state index < -0.39 is 6.09 Å². The molecule has 5 fully saturated rings. The molecule has 0 bridgehead atoms. The number of aliphatic hydroxyl groups excluding tert-OH is 1. The molecule has 0 saturated heterocycles. The molecule has 0 spiro atoms. The minimum absolute atomic E-state index is 0.0450. The lowest BCUT2D eigenvalue weighted by Gasteiger charge is -2.72. The van der Waals surface area contributed by atoms with Gasteiger partial charge in [-0.1, -0.05) is 52.7 Å². The number of fused-ring (bicyclic) bond motifs is 7. The lowest BCUT2D eigenvalue weighted by molar-refractivity contribution is -0.246. The van der Waals surface area contributed by atoms with Gasteiger partial charge in [0.25, 0.3) is 0 Å². The molecule has 270 valence electrons. The molecule has 48 heavy (non-hydrogen) atoms. The average Bonchev–Trinajstić information content (AvgIpc) is 3.44. The maximum absolute atomic E-state index is 14.3. The van der Waals surface area contributed by atoms with Gasteiger partial charge in [-0.25, -0.2) is 4.79 Å². The monoisotopic (exact) mass is 668 g/mol. The number of nitrogens with one attached hydrogen (secondary N) is 2.